The fraction of sp³-hybridized carbons (Fsp3) is 0.273. The molecule has 0 spiro atoms. The van der Waals surface area contributed by atoms with Crippen molar-refractivity contribution in [2.45, 2.75) is 36.1 Å². The van der Waals surface area contributed by atoms with Gasteiger partial charge in [-0.05, 0) is 41.0 Å². The van der Waals surface area contributed by atoms with Gasteiger partial charge in [0.2, 0.25) is 11.8 Å². The van der Waals surface area contributed by atoms with Gasteiger partial charge in [-0.25, -0.2) is 0 Å². The second-order valence-corrected chi connectivity index (χ2v) is 10.2. The maximum atomic E-state index is 14.5. The Labute approximate surface area is 208 Å². The van der Waals surface area contributed by atoms with Crippen molar-refractivity contribution in [3.05, 3.63) is 69.7 Å². The number of fused-ring (bicyclic) bond motifs is 1. The Morgan fingerprint density at radius 1 is 1.09 bits per heavy atom. The molecule has 0 radical (unpaired) electrons. The molecule has 0 saturated carbocycles. The van der Waals surface area contributed by atoms with E-state index in [1.807, 2.05) is 0 Å². The van der Waals surface area contributed by atoms with Gasteiger partial charge in [-0.15, -0.1) is 0 Å². The number of alkyl halides is 2. The lowest BCUT2D eigenvalue weighted by Crippen LogP contribution is -2.67. The van der Waals surface area contributed by atoms with E-state index in [2.05, 4.69) is 10.6 Å². The van der Waals surface area contributed by atoms with Crippen LogP contribution in [0.4, 0.5) is 8.78 Å². The highest BCUT2D eigenvalue weighted by molar-refractivity contribution is 6.53. The van der Waals surface area contributed by atoms with Crippen LogP contribution in [0.25, 0.3) is 0 Å². The molecule has 0 aromatic heterocycles. The van der Waals surface area contributed by atoms with Crippen LogP contribution >= 0.6 is 11.6 Å². The summed E-state index contributed by atoms with van der Waals surface area (Å²) >= 11 is 5.73. The summed E-state index contributed by atoms with van der Waals surface area (Å²) < 4.78 is 29.0. The third-order valence-electron chi connectivity index (χ3n) is 6.63. The summed E-state index contributed by atoms with van der Waals surface area (Å²) in [5, 5.41) is 4.03. The molecule has 1 saturated heterocycles. The molecule has 4 amide bonds. The second kappa shape index (κ2) is 8.51. The summed E-state index contributed by atoms with van der Waals surface area (Å²) in [5.41, 5.74) is -0.199. The third-order valence-corrected chi connectivity index (χ3v) is 6.88. The van der Waals surface area contributed by atoms with Gasteiger partial charge in [-0.2, -0.15) is 8.78 Å². The molecule has 13 heteroatoms. The van der Waals surface area contributed by atoms with Crippen LogP contribution in [0.5, 0.6) is 0 Å². The third kappa shape index (κ3) is 4.35. The SMILES string of the molecule is BC1(B)CC(B)(N2Cc3cc(CNC(=O)C(F)(F)c4ccc(Cl)cc4)ccc3C2=O)C(=O)NC1=O. The van der Waals surface area contributed by atoms with Gasteiger partial charge in [0.1, 0.15) is 23.5 Å². The smallest absolute Gasteiger partial charge is 0.346 e. The number of nitrogens with one attached hydrogen (secondary N) is 2. The van der Waals surface area contributed by atoms with Crippen LogP contribution in [-0.4, -0.2) is 57.5 Å². The average Bonchev–Trinajstić information content (AvgIpc) is 3.12. The van der Waals surface area contributed by atoms with E-state index >= 15 is 0 Å². The summed E-state index contributed by atoms with van der Waals surface area (Å²) in [7, 11) is 5.04. The van der Waals surface area contributed by atoms with Crippen molar-refractivity contribution in [3.8, 4) is 0 Å². The lowest BCUT2D eigenvalue weighted by Gasteiger charge is -2.46. The van der Waals surface area contributed by atoms with Gasteiger partial charge in [-0.1, -0.05) is 35.9 Å². The summed E-state index contributed by atoms with van der Waals surface area (Å²) in [4.78, 5) is 51.6. The number of rotatable bonds is 5. The second-order valence-electron chi connectivity index (χ2n) is 9.76. The maximum absolute atomic E-state index is 14.5. The van der Waals surface area contributed by atoms with Crippen LogP contribution in [-0.2, 0) is 33.4 Å². The van der Waals surface area contributed by atoms with Crippen molar-refractivity contribution in [1.29, 1.82) is 0 Å². The quantitative estimate of drug-likeness (QED) is 0.429. The Morgan fingerprint density at radius 3 is 2.40 bits per heavy atom. The highest BCUT2D eigenvalue weighted by Gasteiger charge is 2.53. The first-order valence-corrected chi connectivity index (χ1v) is 11.4. The van der Waals surface area contributed by atoms with E-state index in [1.165, 1.54) is 17.0 Å². The van der Waals surface area contributed by atoms with Crippen LogP contribution < -0.4 is 10.6 Å². The average molecular weight is 497 g/mol. The Balaban J connectivity index is 1.49. The standard InChI is InChI=1S/C22H21B3ClF2N3O4/c23-20(24)10-21(25,18(34)30-17(20)33)31-9-12-7-11(1-6-15(12)16(31)32)8-29-19(35)22(27,28)13-2-4-14(26)5-3-13/h1-7H,8-10,23-25H2,(H,29,35)(H,30,33,34). The Kier molecular flexibility index (Phi) is 6.07. The zero-order valence-corrected chi connectivity index (χ0v) is 20.1. The number of carbonyl (C=O) groups excluding carboxylic acids is 4. The van der Waals surface area contributed by atoms with Crippen LogP contribution in [0, 0.1) is 0 Å². The first-order valence-electron chi connectivity index (χ1n) is 11.0. The number of nitrogens with zero attached hydrogens (tertiary/aromatic N) is 1. The van der Waals surface area contributed by atoms with Gasteiger partial charge in [0.15, 0.2) is 0 Å². The monoisotopic (exact) mass is 497 g/mol. The van der Waals surface area contributed by atoms with Crippen molar-refractivity contribution in [2.24, 2.45) is 0 Å². The number of imide groups is 1. The van der Waals surface area contributed by atoms with Gasteiger partial charge >= 0.3 is 5.92 Å². The number of piperidine rings is 1. The summed E-state index contributed by atoms with van der Waals surface area (Å²) in [6.45, 7) is -0.0617. The van der Waals surface area contributed by atoms with Gasteiger partial charge in [-0.3, -0.25) is 24.5 Å². The Bertz CT molecular complexity index is 1260. The molecule has 1 atom stereocenters. The van der Waals surface area contributed by atoms with E-state index in [0.29, 0.717) is 16.7 Å². The fourth-order valence-electron chi connectivity index (χ4n) is 4.61. The van der Waals surface area contributed by atoms with Crippen molar-refractivity contribution in [1.82, 2.24) is 15.5 Å². The number of halogens is 3. The molecule has 2 N–H and O–H groups in total. The minimum absolute atomic E-state index is 0.116. The van der Waals surface area contributed by atoms with Crippen molar-refractivity contribution < 1.29 is 28.0 Å². The van der Waals surface area contributed by atoms with E-state index < -0.39 is 39.9 Å². The maximum Gasteiger partial charge on any atom is 0.349 e. The molecular weight excluding hydrogens is 476 g/mol. The summed E-state index contributed by atoms with van der Waals surface area (Å²) in [6.07, 6.45) is 0.160. The summed E-state index contributed by atoms with van der Waals surface area (Å²) in [5.74, 6) is -6.50. The van der Waals surface area contributed by atoms with Crippen LogP contribution in [0.1, 0.15) is 33.5 Å². The van der Waals surface area contributed by atoms with E-state index in [0.717, 1.165) is 12.1 Å². The van der Waals surface area contributed by atoms with Gasteiger partial charge in [0.25, 0.3) is 11.8 Å². The normalized spacial score (nSPS) is 21.5. The molecule has 2 aromatic rings. The minimum Gasteiger partial charge on any atom is -0.346 e. The largest absolute Gasteiger partial charge is 0.349 e. The highest BCUT2D eigenvalue weighted by Crippen LogP contribution is 2.39. The van der Waals surface area contributed by atoms with Gasteiger partial charge in [0.05, 0.1) is 5.44 Å². The molecule has 1 unspecified atom stereocenters. The minimum atomic E-state index is -3.75. The van der Waals surface area contributed by atoms with E-state index in [4.69, 9.17) is 11.6 Å². The number of hydrogen-bond donors (Lipinski definition) is 2. The molecule has 2 aliphatic heterocycles. The van der Waals surface area contributed by atoms with Gasteiger partial charge < -0.3 is 10.2 Å². The molecular formula is C22H21B3ClF2N3O4. The number of carbonyl (C=O) groups is 4. The first-order chi connectivity index (χ1) is 16.3. The van der Waals surface area contributed by atoms with E-state index in [9.17, 15) is 28.0 Å². The van der Waals surface area contributed by atoms with Crippen LogP contribution in [0.3, 0.4) is 0 Å². The predicted octanol–water partition coefficient (Wildman–Crippen LogP) is -0.538. The topological polar surface area (TPSA) is 95.6 Å². The number of hydrogen-bond acceptors (Lipinski definition) is 4. The number of amides is 4. The molecule has 7 nitrogen and oxygen atoms in total. The molecule has 0 aliphatic carbocycles. The van der Waals surface area contributed by atoms with Crippen LogP contribution in [0.15, 0.2) is 42.5 Å². The molecule has 178 valence electrons. The molecule has 2 aliphatic rings. The van der Waals surface area contributed by atoms with Crippen molar-refractivity contribution in [2.75, 3.05) is 0 Å². The predicted molar refractivity (Wildman–Crippen MR) is 132 cm³/mol. The molecule has 0 bridgehead atoms. The zero-order chi connectivity index (χ0) is 25.8. The zero-order valence-electron chi connectivity index (χ0n) is 19.4. The van der Waals surface area contributed by atoms with Crippen molar-refractivity contribution >= 4 is 58.8 Å². The van der Waals surface area contributed by atoms with Crippen LogP contribution in [0.2, 0.25) is 10.2 Å². The number of benzene rings is 2. The molecule has 2 aromatic carbocycles. The molecule has 1 fully saturated rings. The molecule has 4 rings (SSSR count). The molecule has 35 heavy (non-hydrogen) atoms. The Morgan fingerprint density at radius 2 is 1.74 bits per heavy atom. The fourth-order valence-corrected chi connectivity index (χ4v) is 4.74. The lowest BCUT2D eigenvalue weighted by molar-refractivity contribution is -0.147. The lowest BCUT2D eigenvalue weighted by atomic mass is 9.45. The Hall–Kier alpha value is -3.14. The summed E-state index contributed by atoms with van der Waals surface area (Å²) in [6, 6.07) is 9.52. The first kappa shape index (κ1) is 25.0. The van der Waals surface area contributed by atoms with E-state index in [-0.39, 0.29) is 30.4 Å². The highest BCUT2D eigenvalue weighted by atomic mass is 35.5. The van der Waals surface area contributed by atoms with Crippen molar-refractivity contribution in [3.63, 3.8) is 0 Å². The van der Waals surface area contributed by atoms with E-state index in [1.54, 1.807) is 41.7 Å². The molecule has 2 heterocycles. The van der Waals surface area contributed by atoms with Gasteiger partial charge in [0, 0.05) is 29.2 Å².